The molecule has 2 rings (SSSR count). The summed E-state index contributed by atoms with van der Waals surface area (Å²) in [7, 11) is 0. The van der Waals surface area contributed by atoms with Crippen LogP contribution in [0.4, 0.5) is 13.2 Å². The van der Waals surface area contributed by atoms with Gasteiger partial charge in [-0.25, -0.2) is 0 Å². The van der Waals surface area contributed by atoms with Crippen molar-refractivity contribution in [3.8, 4) is 5.75 Å². The van der Waals surface area contributed by atoms with Crippen LogP contribution in [-0.4, -0.2) is 17.4 Å². The number of pyridine rings is 1. The van der Waals surface area contributed by atoms with E-state index in [1.165, 1.54) is 12.1 Å². The Kier molecular flexibility index (Phi) is 4.80. The second-order valence-electron chi connectivity index (χ2n) is 4.68. The number of nitrogens with zero attached hydrogens (tertiary/aromatic N) is 1. The van der Waals surface area contributed by atoms with Gasteiger partial charge in [0.25, 0.3) is 0 Å². The molecule has 0 amide bonds. The van der Waals surface area contributed by atoms with Gasteiger partial charge in [-0.1, -0.05) is 18.2 Å². The van der Waals surface area contributed by atoms with Gasteiger partial charge in [-0.2, -0.15) is 0 Å². The molecule has 0 aliphatic rings. The van der Waals surface area contributed by atoms with Gasteiger partial charge in [0.15, 0.2) is 0 Å². The van der Waals surface area contributed by atoms with Crippen LogP contribution in [-0.2, 0) is 12.8 Å². The molecule has 0 bridgehead atoms. The molecule has 0 spiro atoms. The average molecular weight is 296 g/mol. The first kappa shape index (κ1) is 15.3. The van der Waals surface area contributed by atoms with Crippen molar-refractivity contribution in [1.29, 1.82) is 0 Å². The minimum absolute atomic E-state index is 0.144. The molecular formula is C15H15F3N2O. The highest BCUT2D eigenvalue weighted by atomic mass is 19.4. The highest BCUT2D eigenvalue weighted by molar-refractivity contribution is 5.28. The van der Waals surface area contributed by atoms with E-state index in [2.05, 4.69) is 9.72 Å². The Balaban J connectivity index is 1.91. The zero-order chi connectivity index (χ0) is 15.3. The molecule has 21 heavy (non-hydrogen) atoms. The molecule has 1 heterocycles. The monoisotopic (exact) mass is 296 g/mol. The fraction of sp³-hybridized carbons (Fsp3) is 0.267. The van der Waals surface area contributed by atoms with E-state index in [1.54, 1.807) is 18.3 Å². The van der Waals surface area contributed by atoms with Crippen molar-refractivity contribution in [2.75, 3.05) is 0 Å². The molecule has 1 aromatic carbocycles. The van der Waals surface area contributed by atoms with E-state index >= 15 is 0 Å². The molecule has 0 aliphatic heterocycles. The second kappa shape index (κ2) is 6.58. The van der Waals surface area contributed by atoms with Gasteiger partial charge in [0, 0.05) is 24.4 Å². The Hall–Kier alpha value is -2.08. The molecule has 1 unspecified atom stereocenters. The van der Waals surface area contributed by atoms with Crippen LogP contribution in [0.15, 0.2) is 48.7 Å². The van der Waals surface area contributed by atoms with E-state index < -0.39 is 6.36 Å². The molecular weight excluding hydrogens is 281 g/mol. The molecule has 0 saturated carbocycles. The van der Waals surface area contributed by atoms with Crippen LogP contribution in [0.5, 0.6) is 5.75 Å². The van der Waals surface area contributed by atoms with E-state index in [9.17, 15) is 13.2 Å². The third kappa shape index (κ3) is 5.43. The smallest absolute Gasteiger partial charge is 0.406 e. The first-order valence-electron chi connectivity index (χ1n) is 6.42. The van der Waals surface area contributed by atoms with Crippen molar-refractivity contribution in [3.63, 3.8) is 0 Å². The van der Waals surface area contributed by atoms with E-state index in [-0.39, 0.29) is 11.8 Å². The predicted octanol–water partition coefficient (Wildman–Crippen LogP) is 3.09. The maximum atomic E-state index is 12.0. The molecule has 2 N–H and O–H groups in total. The van der Waals surface area contributed by atoms with Crippen molar-refractivity contribution in [2.24, 2.45) is 5.73 Å². The molecule has 0 radical (unpaired) electrons. The zero-order valence-corrected chi connectivity index (χ0v) is 11.2. The third-order valence-corrected chi connectivity index (χ3v) is 2.85. The standard InChI is InChI=1S/C15H15F3N2O/c16-15(17,18)21-14-6-4-11(5-7-14)9-12(19)10-13-3-1-2-8-20-13/h1-8,12H,9-10,19H2. The summed E-state index contributed by atoms with van der Waals surface area (Å²) >= 11 is 0. The van der Waals surface area contributed by atoms with Crippen LogP contribution in [0.3, 0.4) is 0 Å². The molecule has 1 atom stereocenters. The van der Waals surface area contributed by atoms with Gasteiger partial charge in [-0.15, -0.1) is 13.2 Å². The lowest BCUT2D eigenvalue weighted by Gasteiger charge is -2.12. The van der Waals surface area contributed by atoms with E-state index in [1.807, 2.05) is 18.2 Å². The van der Waals surface area contributed by atoms with E-state index in [0.29, 0.717) is 12.8 Å². The number of aromatic nitrogens is 1. The first-order chi connectivity index (χ1) is 9.92. The highest BCUT2D eigenvalue weighted by Crippen LogP contribution is 2.23. The second-order valence-corrected chi connectivity index (χ2v) is 4.68. The molecule has 1 aromatic heterocycles. The van der Waals surface area contributed by atoms with Gasteiger partial charge >= 0.3 is 6.36 Å². The fourth-order valence-electron chi connectivity index (χ4n) is 1.99. The number of hydrogen-bond acceptors (Lipinski definition) is 3. The fourth-order valence-corrected chi connectivity index (χ4v) is 1.99. The summed E-state index contributed by atoms with van der Waals surface area (Å²) in [5, 5.41) is 0. The predicted molar refractivity (Wildman–Crippen MR) is 72.7 cm³/mol. The van der Waals surface area contributed by atoms with Crippen LogP contribution >= 0.6 is 0 Å². The quantitative estimate of drug-likeness (QED) is 0.922. The molecule has 2 aromatic rings. The van der Waals surface area contributed by atoms with Crippen LogP contribution in [0.2, 0.25) is 0 Å². The topological polar surface area (TPSA) is 48.1 Å². The lowest BCUT2D eigenvalue weighted by Crippen LogP contribution is -2.26. The summed E-state index contributed by atoms with van der Waals surface area (Å²) in [4.78, 5) is 4.19. The van der Waals surface area contributed by atoms with Gasteiger partial charge in [-0.05, 0) is 36.2 Å². The molecule has 0 saturated heterocycles. The number of ether oxygens (including phenoxy) is 1. The summed E-state index contributed by atoms with van der Waals surface area (Å²) in [6.45, 7) is 0. The minimum atomic E-state index is -4.67. The minimum Gasteiger partial charge on any atom is -0.406 e. The average Bonchev–Trinajstić information content (AvgIpc) is 2.40. The van der Waals surface area contributed by atoms with Crippen molar-refractivity contribution in [2.45, 2.75) is 25.2 Å². The number of benzene rings is 1. The molecule has 0 fully saturated rings. The summed E-state index contributed by atoms with van der Waals surface area (Å²) in [6, 6.07) is 11.2. The summed E-state index contributed by atoms with van der Waals surface area (Å²) in [5.41, 5.74) is 7.77. The Morgan fingerprint density at radius 2 is 1.76 bits per heavy atom. The summed E-state index contributed by atoms with van der Waals surface area (Å²) in [5.74, 6) is -0.232. The number of halogens is 3. The highest BCUT2D eigenvalue weighted by Gasteiger charge is 2.30. The maximum Gasteiger partial charge on any atom is 0.573 e. The van der Waals surface area contributed by atoms with Crippen molar-refractivity contribution >= 4 is 0 Å². The SMILES string of the molecule is NC(Cc1ccc(OC(F)(F)F)cc1)Cc1ccccn1. The number of rotatable bonds is 5. The van der Waals surface area contributed by atoms with Gasteiger partial charge in [0.05, 0.1) is 0 Å². The lowest BCUT2D eigenvalue weighted by atomic mass is 10.0. The van der Waals surface area contributed by atoms with Gasteiger partial charge in [0.1, 0.15) is 5.75 Å². The Morgan fingerprint density at radius 3 is 2.33 bits per heavy atom. The number of nitrogens with two attached hydrogens (primary N) is 1. The molecule has 112 valence electrons. The van der Waals surface area contributed by atoms with Crippen LogP contribution in [0.25, 0.3) is 0 Å². The summed E-state index contributed by atoms with van der Waals surface area (Å²) < 4.78 is 40.0. The first-order valence-corrected chi connectivity index (χ1v) is 6.42. The Bertz CT molecular complexity index is 555. The van der Waals surface area contributed by atoms with Crippen LogP contribution in [0, 0.1) is 0 Å². The van der Waals surface area contributed by atoms with Gasteiger partial charge in [0.2, 0.25) is 0 Å². The largest absolute Gasteiger partial charge is 0.573 e. The third-order valence-electron chi connectivity index (χ3n) is 2.85. The van der Waals surface area contributed by atoms with Crippen molar-refractivity contribution in [1.82, 2.24) is 4.98 Å². The Labute approximate surface area is 120 Å². The Morgan fingerprint density at radius 1 is 1.05 bits per heavy atom. The van der Waals surface area contributed by atoms with Gasteiger partial charge < -0.3 is 10.5 Å². The number of alkyl halides is 3. The molecule has 0 aliphatic carbocycles. The molecule has 3 nitrogen and oxygen atoms in total. The zero-order valence-electron chi connectivity index (χ0n) is 11.2. The van der Waals surface area contributed by atoms with Crippen LogP contribution < -0.4 is 10.5 Å². The van der Waals surface area contributed by atoms with Crippen molar-refractivity contribution in [3.05, 3.63) is 59.9 Å². The van der Waals surface area contributed by atoms with E-state index in [0.717, 1.165) is 11.3 Å². The maximum absolute atomic E-state index is 12.0. The van der Waals surface area contributed by atoms with Crippen LogP contribution in [0.1, 0.15) is 11.3 Å². The van der Waals surface area contributed by atoms with Crippen molar-refractivity contribution < 1.29 is 17.9 Å². The lowest BCUT2D eigenvalue weighted by molar-refractivity contribution is -0.274. The van der Waals surface area contributed by atoms with Gasteiger partial charge in [-0.3, -0.25) is 4.98 Å². The normalized spacial score (nSPS) is 13.0. The molecule has 6 heteroatoms. The number of hydrogen-bond donors (Lipinski definition) is 1. The van der Waals surface area contributed by atoms with E-state index in [4.69, 9.17) is 5.73 Å². The summed E-state index contributed by atoms with van der Waals surface area (Å²) in [6.07, 6.45) is -1.80.